The van der Waals surface area contributed by atoms with Gasteiger partial charge in [-0.25, -0.2) is 4.98 Å². The molecule has 7 heteroatoms. The van der Waals surface area contributed by atoms with Crippen LogP contribution < -0.4 is 5.32 Å². The number of ether oxygens (including phenoxy) is 4. The molecule has 1 fully saturated rings. The molecule has 5 atom stereocenters. The molecule has 5 aromatic rings. The summed E-state index contributed by atoms with van der Waals surface area (Å²) >= 11 is 1.62. The zero-order valence-electron chi connectivity index (χ0n) is 24.6. The fourth-order valence-electron chi connectivity index (χ4n) is 5.51. The normalized spacial score (nSPS) is 20.5. The lowest BCUT2D eigenvalue weighted by atomic mass is 10.0. The summed E-state index contributed by atoms with van der Waals surface area (Å²) in [6.07, 6.45) is 0.409. The lowest BCUT2D eigenvalue weighted by molar-refractivity contribution is -0.0900. The van der Waals surface area contributed by atoms with E-state index in [1.54, 1.807) is 11.3 Å². The number of benzene rings is 4. The van der Waals surface area contributed by atoms with Crippen molar-refractivity contribution in [2.75, 3.05) is 6.61 Å². The van der Waals surface area contributed by atoms with Crippen LogP contribution in [0.5, 0.6) is 0 Å². The predicted molar refractivity (Wildman–Crippen MR) is 173 cm³/mol. The Kier molecular flexibility index (Phi) is 10.9. The number of thiazole rings is 1. The van der Waals surface area contributed by atoms with Crippen molar-refractivity contribution in [1.29, 1.82) is 0 Å². The average Bonchev–Trinajstić information content (AvgIpc) is 3.74. The van der Waals surface area contributed by atoms with Crippen LogP contribution in [-0.4, -0.2) is 36.0 Å². The van der Waals surface area contributed by atoms with Crippen LogP contribution in [0.15, 0.2) is 133 Å². The number of hydrogen-bond donors (Lipinski definition) is 1. The first-order valence-corrected chi connectivity index (χ1v) is 16.0. The van der Waals surface area contributed by atoms with E-state index in [2.05, 4.69) is 66.0 Å². The van der Waals surface area contributed by atoms with Gasteiger partial charge in [0, 0.05) is 18.1 Å². The first-order chi connectivity index (χ1) is 21.8. The molecule has 4 aromatic carbocycles. The first kappa shape index (κ1) is 30.3. The quantitative estimate of drug-likeness (QED) is 0.137. The maximum Gasteiger partial charge on any atom is 0.115 e. The van der Waals surface area contributed by atoms with Crippen LogP contribution in [0.25, 0.3) is 0 Å². The maximum atomic E-state index is 6.91. The molecule has 6 rings (SSSR count). The number of nitrogens with one attached hydrogen (secondary N) is 1. The number of rotatable bonds is 15. The second kappa shape index (κ2) is 15.9. The van der Waals surface area contributed by atoms with Gasteiger partial charge in [-0.05, 0) is 22.3 Å². The van der Waals surface area contributed by atoms with Gasteiger partial charge in [0.25, 0.3) is 0 Å². The third-order valence-corrected chi connectivity index (χ3v) is 8.58. The van der Waals surface area contributed by atoms with Gasteiger partial charge in [0.15, 0.2) is 0 Å². The molecule has 0 amide bonds. The number of aromatic nitrogens is 1. The van der Waals surface area contributed by atoms with Gasteiger partial charge in [-0.15, -0.1) is 11.3 Å². The van der Waals surface area contributed by atoms with E-state index in [4.69, 9.17) is 23.9 Å². The number of hydrogen-bond acceptors (Lipinski definition) is 7. The summed E-state index contributed by atoms with van der Waals surface area (Å²) in [6.45, 7) is 2.42. The van der Waals surface area contributed by atoms with Crippen LogP contribution in [0.1, 0.15) is 33.3 Å². The lowest BCUT2D eigenvalue weighted by Crippen LogP contribution is -2.43. The van der Waals surface area contributed by atoms with E-state index in [0.29, 0.717) is 33.0 Å². The van der Waals surface area contributed by atoms with Crippen molar-refractivity contribution in [1.82, 2.24) is 10.3 Å². The molecule has 0 saturated carbocycles. The van der Waals surface area contributed by atoms with Crippen LogP contribution in [0.4, 0.5) is 0 Å². The van der Waals surface area contributed by atoms with Gasteiger partial charge in [0.2, 0.25) is 0 Å². The van der Waals surface area contributed by atoms with Gasteiger partial charge < -0.3 is 24.3 Å². The highest BCUT2D eigenvalue weighted by molar-refractivity contribution is 7.09. The molecule has 1 aliphatic rings. The molecule has 44 heavy (non-hydrogen) atoms. The van der Waals surface area contributed by atoms with E-state index in [9.17, 15) is 0 Å². The highest BCUT2D eigenvalue weighted by Gasteiger charge is 2.50. The van der Waals surface area contributed by atoms with Gasteiger partial charge in [-0.2, -0.15) is 0 Å². The summed E-state index contributed by atoms with van der Waals surface area (Å²) in [7, 11) is 0. The molecular formula is C37H38N2O4S. The summed E-state index contributed by atoms with van der Waals surface area (Å²) < 4.78 is 26.6. The smallest absolute Gasteiger partial charge is 0.115 e. The van der Waals surface area contributed by atoms with Crippen molar-refractivity contribution in [3.63, 3.8) is 0 Å². The molecule has 0 radical (unpaired) electrons. The second-order valence-corrected chi connectivity index (χ2v) is 11.8. The van der Waals surface area contributed by atoms with Crippen molar-refractivity contribution in [2.45, 2.75) is 56.8 Å². The van der Waals surface area contributed by atoms with Gasteiger partial charge in [-0.3, -0.25) is 0 Å². The Morgan fingerprint density at radius 1 is 0.659 bits per heavy atom. The van der Waals surface area contributed by atoms with Gasteiger partial charge in [0.05, 0.1) is 32.5 Å². The Bertz CT molecular complexity index is 1490. The third kappa shape index (κ3) is 8.27. The molecule has 2 heterocycles. The monoisotopic (exact) mass is 606 g/mol. The van der Waals surface area contributed by atoms with Crippen molar-refractivity contribution in [3.8, 4) is 0 Å². The summed E-state index contributed by atoms with van der Waals surface area (Å²) in [5, 5.41) is 6.71. The molecular weight excluding hydrogens is 568 g/mol. The van der Waals surface area contributed by atoms with Crippen molar-refractivity contribution in [2.24, 2.45) is 0 Å². The first-order valence-electron chi connectivity index (χ1n) is 15.1. The molecule has 1 saturated heterocycles. The van der Waals surface area contributed by atoms with Crippen LogP contribution in [0.2, 0.25) is 0 Å². The van der Waals surface area contributed by atoms with Gasteiger partial charge in [-0.1, -0.05) is 121 Å². The van der Waals surface area contributed by atoms with Crippen LogP contribution >= 0.6 is 11.3 Å². The van der Waals surface area contributed by atoms with E-state index in [0.717, 1.165) is 21.7 Å². The Hall–Kier alpha value is -3.69. The zero-order chi connectivity index (χ0) is 29.8. The SMILES string of the molecule is c1ccc(CN[C@@H](c2nccs2)[C@H]2O[C@@H](COCc3ccccc3)[C@@H](OCc3ccccc3)[C@@H]2OCc2ccccc2)cc1. The Labute approximate surface area is 263 Å². The minimum atomic E-state index is -0.374. The Morgan fingerprint density at radius 2 is 1.18 bits per heavy atom. The largest absolute Gasteiger partial charge is 0.374 e. The fraction of sp³-hybridized carbons (Fsp3) is 0.270. The minimum Gasteiger partial charge on any atom is -0.374 e. The molecule has 1 aliphatic heterocycles. The maximum absolute atomic E-state index is 6.91. The average molecular weight is 607 g/mol. The summed E-state index contributed by atoms with van der Waals surface area (Å²) in [4.78, 5) is 4.72. The van der Waals surface area contributed by atoms with Crippen molar-refractivity contribution in [3.05, 3.63) is 160 Å². The third-order valence-electron chi connectivity index (χ3n) is 7.73. The summed E-state index contributed by atoms with van der Waals surface area (Å²) in [6, 6.07) is 40.8. The lowest BCUT2D eigenvalue weighted by Gasteiger charge is -2.29. The molecule has 226 valence electrons. The fourth-order valence-corrected chi connectivity index (χ4v) is 6.25. The summed E-state index contributed by atoms with van der Waals surface area (Å²) in [5.41, 5.74) is 4.50. The van der Waals surface area contributed by atoms with Gasteiger partial charge in [0.1, 0.15) is 29.4 Å². The van der Waals surface area contributed by atoms with Crippen molar-refractivity contribution >= 4 is 11.3 Å². The van der Waals surface area contributed by atoms with Crippen LogP contribution in [-0.2, 0) is 45.3 Å². The van der Waals surface area contributed by atoms with E-state index in [-0.39, 0.29) is 30.5 Å². The molecule has 1 aromatic heterocycles. The molecule has 6 nitrogen and oxygen atoms in total. The highest BCUT2D eigenvalue weighted by atomic mass is 32.1. The van der Waals surface area contributed by atoms with Crippen molar-refractivity contribution < 1.29 is 18.9 Å². The molecule has 0 unspecified atom stereocenters. The van der Waals surface area contributed by atoms with Crippen LogP contribution in [0.3, 0.4) is 0 Å². The molecule has 0 spiro atoms. The van der Waals surface area contributed by atoms with E-state index in [1.165, 1.54) is 5.56 Å². The zero-order valence-corrected chi connectivity index (χ0v) is 25.4. The second-order valence-electron chi connectivity index (χ2n) is 10.9. The topological polar surface area (TPSA) is 61.8 Å². The van der Waals surface area contributed by atoms with E-state index in [1.807, 2.05) is 72.2 Å². The minimum absolute atomic E-state index is 0.210. The standard InChI is InChI=1S/C37H38N2O4S/c1-5-13-28(14-6-1)23-39-33(37-38-21-22-44-37)35-36(42-26-31-19-11-4-12-20-31)34(41-25-30-17-9-3-10-18-30)32(43-35)27-40-24-29-15-7-2-8-16-29/h1-22,32-36,39H,23-27H2/t32-,33+,34+,35+,36-/m0/s1. The Morgan fingerprint density at radius 3 is 1.73 bits per heavy atom. The molecule has 1 N–H and O–H groups in total. The number of nitrogens with zero attached hydrogens (tertiary/aromatic N) is 1. The predicted octanol–water partition coefficient (Wildman–Crippen LogP) is 7.13. The molecule has 0 aliphatic carbocycles. The van der Waals surface area contributed by atoms with Crippen LogP contribution in [0, 0.1) is 0 Å². The highest BCUT2D eigenvalue weighted by Crippen LogP contribution is 2.37. The molecule has 0 bridgehead atoms. The van der Waals surface area contributed by atoms with Gasteiger partial charge >= 0.3 is 0 Å². The van der Waals surface area contributed by atoms with E-state index >= 15 is 0 Å². The summed E-state index contributed by atoms with van der Waals surface area (Å²) in [5.74, 6) is 0. The Balaban J connectivity index is 1.28. The van der Waals surface area contributed by atoms with E-state index < -0.39 is 0 Å².